The second-order valence-corrected chi connectivity index (χ2v) is 9.90. The Morgan fingerprint density at radius 3 is 2.70 bits per heavy atom. The van der Waals surface area contributed by atoms with Crippen LogP contribution in [0, 0.1) is 34.5 Å². The molecule has 4 rings (SSSR count). The Labute approximate surface area is 163 Å². The van der Waals surface area contributed by atoms with Crippen molar-refractivity contribution in [3.63, 3.8) is 0 Å². The fraction of sp³-hybridized carbons (Fsp3) is 0.909. The molecular formula is C22H36N2O3. The number of methoxy groups -OCH3 is 1. The summed E-state index contributed by atoms with van der Waals surface area (Å²) in [7, 11) is 1.86. The minimum absolute atomic E-state index is 0.0694. The first-order valence-electron chi connectivity index (χ1n) is 10.9. The average Bonchev–Trinajstić information content (AvgIpc) is 2.96. The van der Waals surface area contributed by atoms with Crippen molar-refractivity contribution in [3.05, 3.63) is 0 Å². The van der Waals surface area contributed by atoms with Crippen LogP contribution in [0.1, 0.15) is 65.2 Å². The molecule has 5 heteroatoms. The maximum atomic E-state index is 12.6. The number of Topliss-reactive ketones (excluding diaryl/α,β-unsaturated/α-hetero) is 1. The van der Waals surface area contributed by atoms with E-state index >= 15 is 0 Å². The molecular weight excluding hydrogens is 340 g/mol. The normalized spacial score (nSPS) is 48.1. The van der Waals surface area contributed by atoms with E-state index in [9.17, 15) is 4.79 Å². The van der Waals surface area contributed by atoms with Crippen molar-refractivity contribution in [1.82, 2.24) is 0 Å². The SMILES string of the molecule is CO[C@H]1C[C@@H]2[C@H](CC[C@]3(C)C(=O)CC[C@@H]23)[C@@]2(C)CC/C(=N\OCCN)C[C@H]12. The van der Waals surface area contributed by atoms with Gasteiger partial charge in [0.1, 0.15) is 12.4 Å². The van der Waals surface area contributed by atoms with Crippen LogP contribution >= 0.6 is 0 Å². The van der Waals surface area contributed by atoms with E-state index in [1.165, 1.54) is 12.1 Å². The number of carbonyl (C=O) groups excluding carboxylic acids is 1. The van der Waals surface area contributed by atoms with E-state index in [0.717, 1.165) is 44.9 Å². The van der Waals surface area contributed by atoms with Crippen LogP contribution in [0.15, 0.2) is 5.16 Å². The number of rotatable bonds is 4. The summed E-state index contributed by atoms with van der Waals surface area (Å²) in [6.07, 6.45) is 8.66. The molecule has 0 aromatic rings. The van der Waals surface area contributed by atoms with Gasteiger partial charge in [0, 0.05) is 25.5 Å². The standard InChI is InChI=1S/C22H36N2O3/c1-21-8-6-14(24-27-11-10-23)12-18(21)19(26-3)13-15-16-4-5-20(25)22(16,2)9-7-17(15)21/h15-19H,4-13,23H2,1-3H3/b24-14+/t15-,16-,17-,18+,19-,21+,22-/m0/s1. The molecule has 0 spiro atoms. The summed E-state index contributed by atoms with van der Waals surface area (Å²) in [5, 5.41) is 4.38. The molecule has 4 saturated carbocycles. The average molecular weight is 377 g/mol. The van der Waals surface area contributed by atoms with E-state index in [4.69, 9.17) is 15.3 Å². The fourth-order valence-electron chi connectivity index (χ4n) is 7.38. The maximum Gasteiger partial charge on any atom is 0.139 e. The largest absolute Gasteiger partial charge is 0.395 e. The summed E-state index contributed by atoms with van der Waals surface area (Å²) in [6.45, 7) is 5.73. The van der Waals surface area contributed by atoms with Crippen LogP contribution < -0.4 is 5.73 Å². The molecule has 4 fully saturated rings. The summed E-state index contributed by atoms with van der Waals surface area (Å²) in [5.74, 6) is 2.92. The third kappa shape index (κ3) is 2.96. The Balaban J connectivity index is 1.59. The van der Waals surface area contributed by atoms with E-state index in [-0.39, 0.29) is 16.9 Å². The minimum Gasteiger partial charge on any atom is -0.395 e. The monoisotopic (exact) mass is 376 g/mol. The summed E-state index contributed by atoms with van der Waals surface area (Å²) < 4.78 is 6.06. The molecule has 0 heterocycles. The van der Waals surface area contributed by atoms with Gasteiger partial charge in [-0.2, -0.15) is 0 Å². The van der Waals surface area contributed by atoms with Crippen LogP contribution in [0.3, 0.4) is 0 Å². The highest BCUT2D eigenvalue weighted by molar-refractivity contribution is 5.87. The molecule has 152 valence electrons. The molecule has 0 aromatic carbocycles. The quantitative estimate of drug-likeness (QED) is 0.601. The molecule has 2 N–H and O–H groups in total. The predicted molar refractivity (Wildman–Crippen MR) is 105 cm³/mol. The van der Waals surface area contributed by atoms with E-state index in [2.05, 4.69) is 19.0 Å². The predicted octanol–water partition coefficient (Wildman–Crippen LogP) is 3.55. The fourth-order valence-corrected chi connectivity index (χ4v) is 7.38. The van der Waals surface area contributed by atoms with Crippen LogP contribution in [0.25, 0.3) is 0 Å². The molecule has 4 aliphatic carbocycles. The molecule has 4 aliphatic rings. The first-order chi connectivity index (χ1) is 12.9. The first-order valence-corrected chi connectivity index (χ1v) is 10.9. The number of ketones is 1. The number of oxime groups is 1. The van der Waals surface area contributed by atoms with Gasteiger partial charge in [-0.15, -0.1) is 0 Å². The number of ether oxygens (including phenoxy) is 1. The van der Waals surface area contributed by atoms with Crippen molar-refractivity contribution in [2.75, 3.05) is 20.3 Å². The second-order valence-electron chi connectivity index (χ2n) is 9.90. The molecule has 0 unspecified atom stereocenters. The van der Waals surface area contributed by atoms with Gasteiger partial charge < -0.3 is 15.3 Å². The van der Waals surface area contributed by atoms with Crippen molar-refractivity contribution in [3.8, 4) is 0 Å². The van der Waals surface area contributed by atoms with Crippen molar-refractivity contribution in [1.29, 1.82) is 0 Å². The van der Waals surface area contributed by atoms with Crippen molar-refractivity contribution < 1.29 is 14.4 Å². The van der Waals surface area contributed by atoms with E-state index in [0.29, 0.717) is 42.6 Å². The maximum absolute atomic E-state index is 12.6. The lowest BCUT2D eigenvalue weighted by Crippen LogP contribution is -2.58. The molecule has 0 radical (unpaired) electrons. The Bertz CT molecular complexity index is 621. The van der Waals surface area contributed by atoms with Gasteiger partial charge >= 0.3 is 0 Å². The Kier molecular flexibility index (Phi) is 5.13. The van der Waals surface area contributed by atoms with Gasteiger partial charge in [-0.3, -0.25) is 4.79 Å². The lowest BCUT2D eigenvalue weighted by Gasteiger charge is -2.61. The van der Waals surface area contributed by atoms with Crippen LogP contribution in [0.2, 0.25) is 0 Å². The lowest BCUT2D eigenvalue weighted by atomic mass is 9.44. The van der Waals surface area contributed by atoms with E-state index < -0.39 is 0 Å². The van der Waals surface area contributed by atoms with Gasteiger partial charge in [-0.05, 0) is 74.0 Å². The summed E-state index contributed by atoms with van der Waals surface area (Å²) in [6, 6.07) is 0. The van der Waals surface area contributed by atoms with Crippen molar-refractivity contribution >= 4 is 11.5 Å². The van der Waals surface area contributed by atoms with Crippen molar-refractivity contribution in [2.24, 2.45) is 45.4 Å². The third-order valence-corrected chi connectivity index (χ3v) is 8.91. The topological polar surface area (TPSA) is 73.9 Å². The van der Waals surface area contributed by atoms with Crippen LogP contribution in [0.5, 0.6) is 0 Å². The van der Waals surface area contributed by atoms with Crippen LogP contribution in [0.4, 0.5) is 0 Å². The van der Waals surface area contributed by atoms with Crippen LogP contribution in [-0.4, -0.2) is 37.9 Å². The Morgan fingerprint density at radius 1 is 1.15 bits per heavy atom. The van der Waals surface area contributed by atoms with Gasteiger partial charge in [-0.25, -0.2) is 0 Å². The number of nitrogens with zero attached hydrogens (tertiary/aromatic N) is 1. The zero-order valence-corrected chi connectivity index (χ0v) is 17.2. The number of fused-ring (bicyclic) bond motifs is 5. The van der Waals surface area contributed by atoms with Crippen molar-refractivity contribution in [2.45, 2.75) is 71.3 Å². The molecule has 7 atom stereocenters. The second kappa shape index (κ2) is 7.14. The molecule has 0 aliphatic heterocycles. The highest BCUT2D eigenvalue weighted by Crippen LogP contribution is 2.65. The number of hydrogen-bond acceptors (Lipinski definition) is 5. The van der Waals surface area contributed by atoms with E-state index in [1.807, 2.05) is 7.11 Å². The van der Waals surface area contributed by atoms with Gasteiger partial charge in [0.05, 0.1) is 11.8 Å². The molecule has 0 saturated heterocycles. The molecule has 0 amide bonds. The Morgan fingerprint density at radius 2 is 1.96 bits per heavy atom. The smallest absolute Gasteiger partial charge is 0.139 e. The molecule has 5 nitrogen and oxygen atoms in total. The van der Waals surface area contributed by atoms with Gasteiger partial charge in [-0.1, -0.05) is 19.0 Å². The highest BCUT2D eigenvalue weighted by atomic mass is 16.6. The highest BCUT2D eigenvalue weighted by Gasteiger charge is 2.62. The number of carbonyl (C=O) groups is 1. The summed E-state index contributed by atoms with van der Waals surface area (Å²) in [4.78, 5) is 18.0. The lowest BCUT2D eigenvalue weighted by molar-refractivity contribution is -0.158. The first kappa shape index (κ1) is 19.4. The van der Waals surface area contributed by atoms with Gasteiger partial charge in [0.25, 0.3) is 0 Å². The minimum atomic E-state index is -0.0694. The van der Waals surface area contributed by atoms with Gasteiger partial charge in [0.15, 0.2) is 0 Å². The zero-order chi connectivity index (χ0) is 19.2. The zero-order valence-electron chi connectivity index (χ0n) is 17.2. The van der Waals surface area contributed by atoms with Gasteiger partial charge in [0.2, 0.25) is 0 Å². The van der Waals surface area contributed by atoms with E-state index in [1.54, 1.807) is 0 Å². The summed E-state index contributed by atoms with van der Waals surface area (Å²) >= 11 is 0. The van der Waals surface area contributed by atoms with Crippen LogP contribution in [-0.2, 0) is 14.4 Å². The third-order valence-electron chi connectivity index (χ3n) is 8.91. The Hall–Kier alpha value is -0.940. The number of nitrogens with two attached hydrogens (primary N) is 1. The summed E-state index contributed by atoms with van der Waals surface area (Å²) in [5.41, 5.74) is 6.89. The molecule has 27 heavy (non-hydrogen) atoms. The molecule has 0 aromatic heterocycles. The number of hydrogen-bond donors (Lipinski definition) is 1. The molecule has 0 bridgehead atoms.